The van der Waals surface area contributed by atoms with Gasteiger partial charge in [0, 0.05) is 24.4 Å². The molecule has 0 spiro atoms. The lowest BCUT2D eigenvalue weighted by molar-refractivity contribution is 0.294. The van der Waals surface area contributed by atoms with Crippen LogP contribution < -0.4 is 0 Å². The highest BCUT2D eigenvalue weighted by molar-refractivity contribution is 5.78. The number of hydrogen-bond acceptors (Lipinski definition) is 2. The average Bonchev–Trinajstić information content (AvgIpc) is 2.95. The minimum Gasteiger partial charge on any atom is -0.464 e. The summed E-state index contributed by atoms with van der Waals surface area (Å²) in [5.74, 6) is 0.443. The van der Waals surface area contributed by atoms with Crippen LogP contribution >= 0.6 is 0 Å². The Balaban J connectivity index is 1.86. The molecule has 2 nitrogen and oxygen atoms in total. The fourth-order valence-electron chi connectivity index (χ4n) is 3.50. The van der Waals surface area contributed by atoms with Gasteiger partial charge in [-0.25, -0.2) is 0 Å². The van der Waals surface area contributed by atoms with Crippen molar-refractivity contribution in [2.75, 3.05) is 13.6 Å². The lowest BCUT2D eigenvalue weighted by Crippen LogP contribution is -2.31. The van der Waals surface area contributed by atoms with E-state index in [1.165, 1.54) is 27.6 Å². The predicted octanol–water partition coefficient (Wildman–Crippen LogP) is 4.32. The molecule has 0 saturated carbocycles. The third-order valence-corrected chi connectivity index (χ3v) is 4.62. The van der Waals surface area contributed by atoms with E-state index in [-0.39, 0.29) is 0 Å². The lowest BCUT2D eigenvalue weighted by atomic mass is 9.83. The number of hydrogen-bond donors (Lipinski definition) is 0. The first-order valence-corrected chi connectivity index (χ1v) is 7.46. The number of likely N-dealkylation sites (N-methyl/N-ethyl adjacent to an activating group) is 1. The highest BCUT2D eigenvalue weighted by Gasteiger charge is 2.25. The first-order valence-electron chi connectivity index (χ1n) is 7.46. The van der Waals surface area contributed by atoms with E-state index in [9.17, 15) is 0 Å². The molecule has 1 atom stereocenters. The number of fused-ring (bicyclic) bond motifs is 2. The molecule has 3 aromatic rings. The van der Waals surface area contributed by atoms with Crippen LogP contribution in [0.2, 0.25) is 0 Å². The van der Waals surface area contributed by atoms with E-state index in [1.807, 2.05) is 6.07 Å². The van der Waals surface area contributed by atoms with E-state index < -0.39 is 0 Å². The van der Waals surface area contributed by atoms with Crippen molar-refractivity contribution >= 4 is 11.0 Å². The minimum absolute atomic E-state index is 0.443. The van der Waals surface area contributed by atoms with Crippen LogP contribution in [0.5, 0.6) is 0 Å². The van der Waals surface area contributed by atoms with Gasteiger partial charge in [0.05, 0.1) is 6.26 Å². The summed E-state index contributed by atoms with van der Waals surface area (Å²) in [6.07, 6.45) is 1.76. The van der Waals surface area contributed by atoms with Crippen molar-refractivity contribution in [3.8, 4) is 0 Å². The van der Waals surface area contributed by atoms with E-state index in [0.717, 1.165) is 18.7 Å². The second-order valence-corrected chi connectivity index (χ2v) is 6.11. The normalized spacial score (nSPS) is 18.9. The highest BCUT2D eigenvalue weighted by atomic mass is 16.3. The van der Waals surface area contributed by atoms with Gasteiger partial charge in [0.1, 0.15) is 5.58 Å². The minimum atomic E-state index is 0.443. The van der Waals surface area contributed by atoms with Crippen LogP contribution in [-0.4, -0.2) is 18.5 Å². The Bertz CT molecular complexity index is 802. The summed E-state index contributed by atoms with van der Waals surface area (Å²) in [5.41, 5.74) is 6.71. The van der Waals surface area contributed by atoms with Gasteiger partial charge in [-0.05, 0) is 54.4 Å². The summed E-state index contributed by atoms with van der Waals surface area (Å²) in [4.78, 5) is 2.42. The van der Waals surface area contributed by atoms with Crippen molar-refractivity contribution in [2.24, 2.45) is 0 Å². The van der Waals surface area contributed by atoms with Crippen molar-refractivity contribution in [1.29, 1.82) is 0 Å². The second kappa shape index (κ2) is 4.74. The predicted molar refractivity (Wildman–Crippen MR) is 85.6 cm³/mol. The zero-order valence-electron chi connectivity index (χ0n) is 12.5. The number of furan rings is 1. The van der Waals surface area contributed by atoms with E-state index in [0.29, 0.717) is 5.92 Å². The summed E-state index contributed by atoms with van der Waals surface area (Å²) in [6, 6.07) is 15.3. The summed E-state index contributed by atoms with van der Waals surface area (Å²) in [7, 11) is 2.21. The van der Waals surface area contributed by atoms with E-state index in [4.69, 9.17) is 4.42 Å². The molecule has 1 unspecified atom stereocenters. The third kappa shape index (κ3) is 2.07. The molecule has 2 heterocycles. The molecule has 0 radical (unpaired) electrons. The summed E-state index contributed by atoms with van der Waals surface area (Å²) in [5, 5.41) is 1.19. The maximum atomic E-state index is 5.46. The number of benzene rings is 2. The quantitative estimate of drug-likeness (QED) is 0.658. The van der Waals surface area contributed by atoms with Crippen LogP contribution in [0.1, 0.15) is 28.2 Å². The van der Waals surface area contributed by atoms with E-state index >= 15 is 0 Å². The van der Waals surface area contributed by atoms with Gasteiger partial charge in [0.15, 0.2) is 0 Å². The van der Waals surface area contributed by atoms with Crippen molar-refractivity contribution < 1.29 is 4.42 Å². The summed E-state index contributed by atoms with van der Waals surface area (Å²) >= 11 is 0. The Morgan fingerprint density at radius 2 is 2.05 bits per heavy atom. The molecule has 21 heavy (non-hydrogen) atoms. The monoisotopic (exact) mass is 277 g/mol. The van der Waals surface area contributed by atoms with Gasteiger partial charge in [0.2, 0.25) is 0 Å². The maximum absolute atomic E-state index is 5.46. The Labute approximate surface area is 125 Å². The van der Waals surface area contributed by atoms with Crippen molar-refractivity contribution in [2.45, 2.75) is 19.4 Å². The van der Waals surface area contributed by atoms with Crippen molar-refractivity contribution in [3.05, 3.63) is 71.0 Å². The van der Waals surface area contributed by atoms with Crippen LogP contribution in [0.15, 0.2) is 53.1 Å². The van der Waals surface area contributed by atoms with Crippen molar-refractivity contribution in [3.63, 3.8) is 0 Å². The lowest BCUT2D eigenvalue weighted by Gasteiger charge is -2.33. The molecule has 1 aliphatic rings. The molecule has 106 valence electrons. The molecule has 1 aromatic heterocycles. The first kappa shape index (κ1) is 12.7. The van der Waals surface area contributed by atoms with Gasteiger partial charge >= 0.3 is 0 Å². The molecule has 0 bridgehead atoms. The molecule has 0 fully saturated rings. The van der Waals surface area contributed by atoms with Crippen LogP contribution in [0.4, 0.5) is 0 Å². The molecule has 4 rings (SSSR count). The Morgan fingerprint density at radius 1 is 1.14 bits per heavy atom. The van der Waals surface area contributed by atoms with Crippen molar-refractivity contribution in [1.82, 2.24) is 4.90 Å². The molecule has 2 heteroatoms. The second-order valence-electron chi connectivity index (χ2n) is 6.11. The van der Waals surface area contributed by atoms with E-state index in [2.05, 4.69) is 55.3 Å². The fourth-order valence-corrected chi connectivity index (χ4v) is 3.50. The zero-order chi connectivity index (χ0) is 14.4. The topological polar surface area (TPSA) is 16.4 Å². The standard InChI is InChI=1S/C19H19NO/c1-13-4-3-5-16-17(13)11-20(2)12-18(16)14-6-7-19-15(10-14)8-9-21-19/h3-10,18H,11-12H2,1-2H3. The summed E-state index contributed by atoms with van der Waals surface area (Å²) < 4.78 is 5.46. The molecule has 0 aliphatic carbocycles. The molecule has 0 N–H and O–H groups in total. The molecule has 0 saturated heterocycles. The van der Waals surface area contributed by atoms with Gasteiger partial charge in [-0.2, -0.15) is 0 Å². The molecule has 0 amide bonds. The fraction of sp³-hybridized carbons (Fsp3) is 0.263. The largest absolute Gasteiger partial charge is 0.464 e. The molecule has 2 aromatic carbocycles. The zero-order valence-corrected chi connectivity index (χ0v) is 12.5. The number of rotatable bonds is 1. The van der Waals surface area contributed by atoms with Crippen LogP contribution in [-0.2, 0) is 6.54 Å². The Kier molecular flexibility index (Phi) is 2.86. The molecular formula is C19H19NO. The van der Waals surface area contributed by atoms with E-state index in [1.54, 1.807) is 6.26 Å². The smallest absolute Gasteiger partial charge is 0.133 e. The Hall–Kier alpha value is -2.06. The van der Waals surface area contributed by atoms with Gasteiger partial charge in [-0.15, -0.1) is 0 Å². The number of nitrogens with zero attached hydrogens (tertiary/aromatic N) is 1. The van der Waals surface area contributed by atoms with Crippen LogP contribution in [0.25, 0.3) is 11.0 Å². The average molecular weight is 277 g/mol. The molecular weight excluding hydrogens is 258 g/mol. The Morgan fingerprint density at radius 3 is 2.95 bits per heavy atom. The van der Waals surface area contributed by atoms with Crippen LogP contribution in [0, 0.1) is 6.92 Å². The van der Waals surface area contributed by atoms with Crippen LogP contribution in [0.3, 0.4) is 0 Å². The highest BCUT2D eigenvalue weighted by Crippen LogP contribution is 2.35. The van der Waals surface area contributed by atoms with Gasteiger partial charge in [-0.1, -0.05) is 24.3 Å². The van der Waals surface area contributed by atoms with Gasteiger partial charge in [0.25, 0.3) is 0 Å². The number of aryl methyl sites for hydroxylation is 1. The first-order chi connectivity index (χ1) is 10.2. The van der Waals surface area contributed by atoms with Gasteiger partial charge < -0.3 is 9.32 Å². The summed E-state index contributed by atoms with van der Waals surface area (Å²) in [6.45, 7) is 4.33. The van der Waals surface area contributed by atoms with Gasteiger partial charge in [-0.3, -0.25) is 0 Å². The SMILES string of the molecule is Cc1cccc2c1CN(C)CC2c1ccc2occc2c1. The maximum Gasteiger partial charge on any atom is 0.133 e. The molecule has 1 aliphatic heterocycles. The third-order valence-electron chi connectivity index (χ3n) is 4.62.